The summed E-state index contributed by atoms with van der Waals surface area (Å²) in [4.78, 5) is 18.9. The Morgan fingerprint density at radius 1 is 1.10 bits per heavy atom. The Kier molecular flexibility index (Phi) is 5.69. The Morgan fingerprint density at radius 3 is 2.60 bits per heavy atom. The molecule has 6 heteroatoms. The zero-order valence-corrected chi connectivity index (χ0v) is 18.0. The van der Waals surface area contributed by atoms with Crippen LogP contribution in [0.5, 0.6) is 0 Å². The fraction of sp³-hybridized carbons (Fsp3) is 0.458. The summed E-state index contributed by atoms with van der Waals surface area (Å²) in [6.45, 7) is 5.75. The van der Waals surface area contributed by atoms with Gasteiger partial charge in [0.25, 0.3) is 0 Å². The second-order valence-electron chi connectivity index (χ2n) is 8.78. The number of hydrogen-bond acceptors (Lipinski definition) is 4. The van der Waals surface area contributed by atoms with E-state index in [9.17, 15) is 9.18 Å². The van der Waals surface area contributed by atoms with Gasteiger partial charge in [0, 0.05) is 36.4 Å². The molecule has 30 heavy (non-hydrogen) atoms. The molecule has 1 aliphatic rings. The van der Waals surface area contributed by atoms with Crippen molar-refractivity contribution in [3.05, 3.63) is 48.0 Å². The molecule has 2 aromatic heterocycles. The van der Waals surface area contributed by atoms with Crippen molar-refractivity contribution in [2.45, 2.75) is 51.7 Å². The van der Waals surface area contributed by atoms with Gasteiger partial charge in [-0.2, -0.15) is 5.10 Å². The van der Waals surface area contributed by atoms with Crippen LogP contribution in [0.25, 0.3) is 21.9 Å². The van der Waals surface area contributed by atoms with Crippen molar-refractivity contribution in [3.63, 3.8) is 0 Å². The number of pyridine rings is 1. The lowest BCUT2D eigenvalue weighted by molar-refractivity contribution is -0.127. The summed E-state index contributed by atoms with van der Waals surface area (Å²) in [7, 11) is 2.00. The number of likely N-dealkylation sites (tertiary alicyclic amines) is 1. The van der Waals surface area contributed by atoms with Crippen LogP contribution in [0.1, 0.15) is 44.5 Å². The fourth-order valence-electron chi connectivity index (χ4n) is 4.05. The molecule has 158 valence electrons. The third kappa shape index (κ3) is 4.43. The van der Waals surface area contributed by atoms with Crippen LogP contribution < -0.4 is 0 Å². The van der Waals surface area contributed by atoms with Gasteiger partial charge in [0.2, 0.25) is 0 Å². The molecule has 3 aromatic rings. The van der Waals surface area contributed by atoms with Gasteiger partial charge < -0.3 is 0 Å². The Hall–Kier alpha value is -2.60. The molecule has 5 nitrogen and oxygen atoms in total. The van der Waals surface area contributed by atoms with Crippen molar-refractivity contribution in [2.75, 3.05) is 13.1 Å². The Bertz CT molecular complexity index is 1060. The molecule has 0 atom stereocenters. The Morgan fingerprint density at radius 2 is 1.87 bits per heavy atom. The van der Waals surface area contributed by atoms with Crippen LogP contribution >= 0.6 is 0 Å². The number of alkyl halides is 1. The van der Waals surface area contributed by atoms with Crippen LogP contribution in [0.15, 0.2) is 36.7 Å². The fourth-order valence-corrected chi connectivity index (χ4v) is 4.05. The largest absolute Gasteiger partial charge is 0.298 e. The minimum Gasteiger partial charge on any atom is -0.298 e. The maximum Gasteiger partial charge on any atom is 0.175 e. The number of hydrogen-bond donors (Lipinski definition) is 0. The van der Waals surface area contributed by atoms with Gasteiger partial charge in [0.05, 0.1) is 18.3 Å². The number of carbonyl (C=O) groups excluding carboxylic acids is 1. The monoisotopic (exact) mass is 408 g/mol. The number of piperidine rings is 1. The minimum atomic E-state index is -1.85. The molecule has 1 aliphatic heterocycles. The summed E-state index contributed by atoms with van der Waals surface area (Å²) in [5.41, 5.74) is 2.17. The molecule has 0 unspecified atom stereocenters. The second-order valence-corrected chi connectivity index (χ2v) is 8.78. The highest BCUT2D eigenvalue weighted by atomic mass is 19.1. The number of aromatic nitrogens is 3. The van der Waals surface area contributed by atoms with Crippen LogP contribution in [0.4, 0.5) is 4.39 Å². The van der Waals surface area contributed by atoms with Crippen LogP contribution in [-0.4, -0.2) is 44.2 Å². The summed E-state index contributed by atoms with van der Waals surface area (Å²) in [6, 6.07) is 8.14. The third-order valence-electron chi connectivity index (χ3n) is 5.98. The SMILES string of the molecule is Cn1ncc(-c2ccc3cnc(CC(=O)C(C)(C)F)cc3c2)c1CN1CCCCC1. The summed E-state index contributed by atoms with van der Waals surface area (Å²) in [6.07, 6.45) is 7.51. The molecule has 0 spiro atoms. The molecular formula is C24H29FN4O. The van der Waals surface area contributed by atoms with Gasteiger partial charge in [0.1, 0.15) is 0 Å². The maximum absolute atomic E-state index is 13.9. The lowest BCUT2D eigenvalue weighted by atomic mass is 9.98. The van der Waals surface area contributed by atoms with Crippen LogP contribution in [0.2, 0.25) is 0 Å². The molecule has 4 rings (SSSR count). The topological polar surface area (TPSA) is 51.0 Å². The number of rotatable bonds is 6. The van der Waals surface area contributed by atoms with Crippen molar-refractivity contribution >= 4 is 16.6 Å². The molecule has 0 bridgehead atoms. The molecule has 1 aromatic carbocycles. The van der Waals surface area contributed by atoms with E-state index in [2.05, 4.69) is 27.1 Å². The van der Waals surface area contributed by atoms with E-state index >= 15 is 0 Å². The number of Topliss-reactive ketones (excluding diaryl/α,β-unsaturated/α-hetero) is 1. The first kappa shape index (κ1) is 20.7. The highest BCUT2D eigenvalue weighted by Gasteiger charge is 2.26. The Labute approximate surface area is 176 Å². The quantitative estimate of drug-likeness (QED) is 0.603. The number of benzene rings is 1. The summed E-state index contributed by atoms with van der Waals surface area (Å²) < 4.78 is 15.9. The predicted molar refractivity (Wildman–Crippen MR) is 117 cm³/mol. The van der Waals surface area contributed by atoms with E-state index < -0.39 is 11.5 Å². The van der Waals surface area contributed by atoms with E-state index in [0.717, 1.165) is 41.5 Å². The van der Waals surface area contributed by atoms with Gasteiger partial charge in [-0.3, -0.25) is 19.4 Å². The number of ketones is 1. The van der Waals surface area contributed by atoms with E-state index in [0.29, 0.717) is 5.69 Å². The molecular weight excluding hydrogens is 379 g/mol. The molecule has 3 heterocycles. The standard InChI is InChI=1S/C24H29FN4O/c1-24(2,25)23(30)13-20-12-19-11-17(7-8-18(19)14-26-20)21-15-27-28(3)22(21)16-29-9-5-4-6-10-29/h7-8,11-12,14-15H,4-6,9-10,13,16H2,1-3H3. The Balaban J connectivity index is 1.64. The molecule has 0 N–H and O–H groups in total. The van der Waals surface area contributed by atoms with Crippen LogP contribution in [-0.2, 0) is 24.8 Å². The van der Waals surface area contributed by atoms with Gasteiger partial charge in [0.15, 0.2) is 11.5 Å². The van der Waals surface area contributed by atoms with Crippen LogP contribution in [0.3, 0.4) is 0 Å². The number of halogens is 1. The smallest absolute Gasteiger partial charge is 0.175 e. The minimum absolute atomic E-state index is 0.00320. The lowest BCUT2D eigenvalue weighted by Crippen LogP contribution is -2.30. The van der Waals surface area contributed by atoms with Gasteiger partial charge in [-0.25, -0.2) is 4.39 Å². The predicted octanol–water partition coefficient (Wildman–Crippen LogP) is 4.48. The van der Waals surface area contributed by atoms with E-state index in [1.807, 2.05) is 30.1 Å². The lowest BCUT2D eigenvalue weighted by Gasteiger charge is -2.26. The number of aryl methyl sites for hydroxylation is 1. The summed E-state index contributed by atoms with van der Waals surface area (Å²) in [5, 5.41) is 6.51. The zero-order valence-electron chi connectivity index (χ0n) is 18.0. The van der Waals surface area contributed by atoms with E-state index in [1.54, 1.807) is 6.20 Å². The average Bonchev–Trinajstić information content (AvgIpc) is 3.08. The molecule has 1 fully saturated rings. The van der Waals surface area contributed by atoms with Gasteiger partial charge in [-0.05, 0) is 62.9 Å². The third-order valence-corrected chi connectivity index (χ3v) is 5.98. The molecule has 0 radical (unpaired) electrons. The highest BCUT2D eigenvalue weighted by molar-refractivity contribution is 5.90. The zero-order chi connectivity index (χ0) is 21.3. The number of fused-ring (bicyclic) bond motifs is 1. The van der Waals surface area contributed by atoms with E-state index in [1.165, 1.54) is 38.8 Å². The first-order valence-corrected chi connectivity index (χ1v) is 10.7. The van der Waals surface area contributed by atoms with E-state index in [4.69, 9.17) is 0 Å². The van der Waals surface area contributed by atoms with Crippen molar-refractivity contribution in [1.82, 2.24) is 19.7 Å². The molecule has 0 saturated carbocycles. The summed E-state index contributed by atoms with van der Waals surface area (Å²) >= 11 is 0. The van der Waals surface area contributed by atoms with Crippen molar-refractivity contribution in [2.24, 2.45) is 7.05 Å². The van der Waals surface area contributed by atoms with Crippen LogP contribution in [0, 0.1) is 0 Å². The first-order chi connectivity index (χ1) is 14.3. The normalized spacial score (nSPS) is 15.6. The van der Waals surface area contributed by atoms with Gasteiger partial charge >= 0.3 is 0 Å². The molecule has 0 aliphatic carbocycles. The van der Waals surface area contributed by atoms with Crippen molar-refractivity contribution in [1.29, 1.82) is 0 Å². The molecule has 0 amide bonds. The number of carbonyl (C=O) groups is 1. The average molecular weight is 409 g/mol. The van der Waals surface area contributed by atoms with Crippen molar-refractivity contribution < 1.29 is 9.18 Å². The number of nitrogens with zero attached hydrogens (tertiary/aromatic N) is 4. The van der Waals surface area contributed by atoms with Gasteiger partial charge in [-0.1, -0.05) is 18.6 Å². The second kappa shape index (κ2) is 8.26. The highest BCUT2D eigenvalue weighted by Crippen LogP contribution is 2.29. The summed E-state index contributed by atoms with van der Waals surface area (Å²) in [5.74, 6) is -0.457. The van der Waals surface area contributed by atoms with E-state index in [-0.39, 0.29) is 6.42 Å². The molecule has 1 saturated heterocycles. The van der Waals surface area contributed by atoms with Crippen molar-refractivity contribution in [3.8, 4) is 11.1 Å². The first-order valence-electron chi connectivity index (χ1n) is 10.7. The maximum atomic E-state index is 13.9. The van der Waals surface area contributed by atoms with Gasteiger partial charge in [-0.15, -0.1) is 0 Å².